The molecule has 4 aromatic rings. The number of aromatic amines is 1. The minimum absolute atomic E-state index is 0.00389. The highest BCUT2D eigenvalue weighted by Crippen LogP contribution is 2.38. The SMILES string of the molecule is CC/C(=C(/c1ccc(OCCCCC/C=C/C(=O)N(C)C)cc1)c1ccc2n[nH]c(F)c2c1)c1ccc(F)cc1Cl. The molecule has 0 saturated carbocycles. The van der Waals surface area contributed by atoms with Crippen LogP contribution in [0.1, 0.15) is 55.7 Å². The molecule has 3 aromatic carbocycles. The number of hydrogen-bond donors (Lipinski definition) is 1. The molecule has 1 amide bonds. The van der Waals surface area contributed by atoms with E-state index in [9.17, 15) is 13.6 Å². The molecular formula is C33H34ClF2N3O2. The number of aromatic nitrogens is 2. The lowest BCUT2D eigenvalue weighted by atomic mass is 9.87. The van der Waals surface area contributed by atoms with Gasteiger partial charge in [0, 0.05) is 14.1 Å². The van der Waals surface area contributed by atoms with Gasteiger partial charge >= 0.3 is 0 Å². The molecule has 0 spiro atoms. The molecule has 0 unspecified atom stereocenters. The Morgan fingerprint density at radius 2 is 1.76 bits per heavy atom. The van der Waals surface area contributed by atoms with E-state index < -0.39 is 11.8 Å². The van der Waals surface area contributed by atoms with E-state index in [4.69, 9.17) is 16.3 Å². The van der Waals surface area contributed by atoms with E-state index in [1.807, 2.05) is 43.3 Å². The van der Waals surface area contributed by atoms with Crippen LogP contribution in [0.25, 0.3) is 22.0 Å². The number of rotatable bonds is 12. The minimum atomic E-state index is -0.499. The summed E-state index contributed by atoms with van der Waals surface area (Å²) in [6.07, 6.45) is 7.88. The van der Waals surface area contributed by atoms with Gasteiger partial charge in [-0.25, -0.2) is 4.39 Å². The van der Waals surface area contributed by atoms with E-state index in [2.05, 4.69) is 10.2 Å². The van der Waals surface area contributed by atoms with Gasteiger partial charge in [-0.15, -0.1) is 0 Å². The van der Waals surface area contributed by atoms with Crippen molar-refractivity contribution in [2.24, 2.45) is 0 Å². The summed E-state index contributed by atoms with van der Waals surface area (Å²) < 4.78 is 34.3. The number of nitrogens with zero attached hydrogens (tertiary/aromatic N) is 2. The Morgan fingerprint density at radius 1 is 1.00 bits per heavy atom. The monoisotopic (exact) mass is 577 g/mol. The maximum Gasteiger partial charge on any atom is 0.245 e. The molecule has 8 heteroatoms. The van der Waals surface area contributed by atoms with Crippen molar-refractivity contribution in [1.82, 2.24) is 15.1 Å². The summed E-state index contributed by atoms with van der Waals surface area (Å²) in [5.74, 6) is -0.162. The number of hydrogen-bond acceptors (Lipinski definition) is 3. The first-order valence-electron chi connectivity index (χ1n) is 13.7. The second kappa shape index (κ2) is 14.1. The van der Waals surface area contributed by atoms with Crippen LogP contribution in [0.15, 0.2) is 72.8 Å². The summed E-state index contributed by atoms with van der Waals surface area (Å²) in [5.41, 5.74) is 4.73. The molecule has 0 aliphatic carbocycles. The summed E-state index contributed by atoms with van der Waals surface area (Å²) in [4.78, 5) is 13.1. The number of likely N-dealkylation sites (N-methyl/N-ethyl adjacent to an activating group) is 1. The standard InChI is InChI=1S/C33H34ClF2N3O2/c1-4-26(27-17-14-24(35)21-29(27)34)32(23-13-18-30-28(20-23)33(36)38-37-30)22-11-15-25(16-12-22)41-19-9-7-5-6-8-10-31(40)39(2)3/h8,10-18,20-21H,4-7,9,19H2,1-3H3,(H,37,38)/b10-8+,32-26+. The van der Waals surface area contributed by atoms with Crippen molar-refractivity contribution in [3.63, 3.8) is 0 Å². The molecule has 4 rings (SSSR count). The van der Waals surface area contributed by atoms with Gasteiger partial charge in [-0.1, -0.05) is 48.9 Å². The highest BCUT2D eigenvalue weighted by molar-refractivity contribution is 6.32. The fourth-order valence-electron chi connectivity index (χ4n) is 4.67. The zero-order valence-electron chi connectivity index (χ0n) is 23.5. The van der Waals surface area contributed by atoms with Gasteiger partial charge in [0.05, 0.1) is 22.5 Å². The molecule has 0 bridgehead atoms. The van der Waals surface area contributed by atoms with Gasteiger partial charge in [0.15, 0.2) is 0 Å². The molecule has 0 fully saturated rings. The number of H-pyrrole nitrogens is 1. The second-order valence-corrected chi connectivity index (χ2v) is 10.4. The summed E-state index contributed by atoms with van der Waals surface area (Å²) in [6, 6.07) is 17.6. The van der Waals surface area contributed by atoms with Crippen molar-refractivity contribution in [2.75, 3.05) is 20.7 Å². The molecule has 0 radical (unpaired) electrons. The minimum Gasteiger partial charge on any atom is -0.494 e. The average Bonchev–Trinajstić information content (AvgIpc) is 3.33. The first kappa shape index (κ1) is 30.0. The predicted octanol–water partition coefficient (Wildman–Crippen LogP) is 8.45. The Hall–Kier alpha value is -3.97. The van der Waals surface area contributed by atoms with Gasteiger partial charge in [0.25, 0.3) is 0 Å². The van der Waals surface area contributed by atoms with Gasteiger partial charge in [-0.2, -0.15) is 9.49 Å². The van der Waals surface area contributed by atoms with E-state index >= 15 is 0 Å². The quantitative estimate of drug-likeness (QED) is 0.104. The fourth-order valence-corrected chi connectivity index (χ4v) is 4.95. The lowest BCUT2D eigenvalue weighted by Crippen LogP contribution is -2.18. The molecule has 0 aliphatic rings. The lowest BCUT2D eigenvalue weighted by molar-refractivity contribution is -0.123. The van der Waals surface area contributed by atoms with E-state index in [-0.39, 0.29) is 5.91 Å². The maximum absolute atomic E-state index is 14.4. The third-order valence-corrected chi connectivity index (χ3v) is 7.15. The number of amides is 1. The van der Waals surface area contributed by atoms with E-state index in [1.54, 1.807) is 43.3 Å². The lowest BCUT2D eigenvalue weighted by Gasteiger charge is -2.18. The first-order chi connectivity index (χ1) is 19.8. The molecule has 1 aromatic heterocycles. The van der Waals surface area contributed by atoms with Crippen LogP contribution < -0.4 is 4.74 Å². The molecule has 41 heavy (non-hydrogen) atoms. The van der Waals surface area contributed by atoms with E-state index in [0.29, 0.717) is 29.0 Å². The number of halogens is 3. The number of fused-ring (bicyclic) bond motifs is 1. The number of benzene rings is 3. The van der Waals surface area contributed by atoms with Crippen LogP contribution in [0.3, 0.4) is 0 Å². The highest BCUT2D eigenvalue weighted by atomic mass is 35.5. The Kier molecular flexibility index (Phi) is 10.3. The fraction of sp³-hybridized carbons (Fsp3) is 0.273. The van der Waals surface area contributed by atoms with Crippen LogP contribution in [0.5, 0.6) is 5.75 Å². The largest absolute Gasteiger partial charge is 0.494 e. The molecule has 1 N–H and O–H groups in total. The molecule has 0 saturated heterocycles. The molecule has 0 aliphatic heterocycles. The molecule has 1 heterocycles. The number of unbranched alkanes of at least 4 members (excludes halogenated alkanes) is 3. The maximum atomic E-state index is 14.4. The molecular weight excluding hydrogens is 544 g/mol. The summed E-state index contributed by atoms with van der Waals surface area (Å²) in [6.45, 7) is 2.60. The van der Waals surface area contributed by atoms with Crippen LogP contribution in [-0.4, -0.2) is 41.7 Å². The van der Waals surface area contributed by atoms with Crippen LogP contribution in [0, 0.1) is 11.8 Å². The number of ether oxygens (including phenoxy) is 1. The van der Waals surface area contributed by atoms with Crippen LogP contribution in [0.4, 0.5) is 8.78 Å². The van der Waals surface area contributed by atoms with Crippen molar-refractivity contribution < 1.29 is 18.3 Å². The van der Waals surface area contributed by atoms with Gasteiger partial charge in [0.1, 0.15) is 11.6 Å². The zero-order valence-corrected chi connectivity index (χ0v) is 24.3. The zero-order chi connectivity index (χ0) is 29.4. The Morgan fingerprint density at radius 3 is 2.46 bits per heavy atom. The van der Waals surface area contributed by atoms with Crippen molar-refractivity contribution in [2.45, 2.75) is 39.0 Å². The van der Waals surface area contributed by atoms with E-state index in [1.165, 1.54) is 12.1 Å². The summed E-state index contributed by atoms with van der Waals surface area (Å²) in [5, 5.41) is 7.11. The predicted molar refractivity (Wildman–Crippen MR) is 162 cm³/mol. The normalized spacial score (nSPS) is 12.1. The molecule has 5 nitrogen and oxygen atoms in total. The number of nitrogens with one attached hydrogen (secondary N) is 1. The van der Waals surface area contributed by atoms with Crippen LogP contribution in [0.2, 0.25) is 5.02 Å². The van der Waals surface area contributed by atoms with Crippen LogP contribution in [-0.2, 0) is 4.79 Å². The van der Waals surface area contributed by atoms with Gasteiger partial charge in [-0.3, -0.25) is 9.89 Å². The molecule has 0 atom stereocenters. The summed E-state index contributed by atoms with van der Waals surface area (Å²) >= 11 is 6.50. The van der Waals surface area contributed by atoms with Gasteiger partial charge in [0.2, 0.25) is 11.9 Å². The Labute approximate surface area is 244 Å². The second-order valence-electron chi connectivity index (χ2n) is 9.96. The average molecular weight is 578 g/mol. The van der Waals surface area contributed by atoms with Crippen molar-refractivity contribution in [3.8, 4) is 5.75 Å². The highest BCUT2D eigenvalue weighted by Gasteiger charge is 2.17. The number of carbonyl (C=O) groups is 1. The Balaban J connectivity index is 1.53. The number of allylic oxidation sites excluding steroid dienone is 2. The van der Waals surface area contributed by atoms with Gasteiger partial charge in [-0.05, 0) is 102 Å². The van der Waals surface area contributed by atoms with Crippen molar-refractivity contribution >= 4 is 39.6 Å². The first-order valence-corrected chi connectivity index (χ1v) is 14.1. The van der Waals surface area contributed by atoms with Crippen LogP contribution >= 0.6 is 11.6 Å². The number of carbonyl (C=O) groups excluding carboxylic acids is 1. The smallest absolute Gasteiger partial charge is 0.245 e. The van der Waals surface area contributed by atoms with Crippen molar-refractivity contribution in [3.05, 3.63) is 106 Å². The topological polar surface area (TPSA) is 58.2 Å². The summed E-state index contributed by atoms with van der Waals surface area (Å²) in [7, 11) is 3.47. The van der Waals surface area contributed by atoms with Gasteiger partial charge < -0.3 is 9.64 Å². The molecule has 214 valence electrons. The third-order valence-electron chi connectivity index (χ3n) is 6.84. The van der Waals surface area contributed by atoms with Crippen molar-refractivity contribution in [1.29, 1.82) is 0 Å². The Bertz CT molecular complexity index is 1560. The third kappa shape index (κ3) is 7.61. The van der Waals surface area contributed by atoms with E-state index in [0.717, 1.165) is 59.3 Å².